The number of aromatic nitrogens is 3. The number of carbonyl (C=O) groups is 1. The Bertz CT molecular complexity index is 775. The van der Waals surface area contributed by atoms with Crippen LogP contribution in [0, 0.1) is 0 Å². The lowest BCUT2D eigenvalue weighted by Gasteiger charge is -2.12. The zero-order chi connectivity index (χ0) is 14.3. The molecule has 5 nitrogen and oxygen atoms in total. The summed E-state index contributed by atoms with van der Waals surface area (Å²) in [5.74, 6) is 0.327. The third-order valence-electron chi connectivity index (χ3n) is 3.20. The van der Waals surface area contributed by atoms with E-state index in [-0.39, 0.29) is 6.04 Å². The van der Waals surface area contributed by atoms with E-state index in [1.165, 1.54) is 6.39 Å². The van der Waals surface area contributed by atoms with Gasteiger partial charge >= 0.3 is 0 Å². The maximum Gasteiger partial charge on any atom is 0.264 e. The van der Waals surface area contributed by atoms with E-state index in [1.807, 2.05) is 30.5 Å². The number of hydrogen-bond acceptors (Lipinski definition) is 4. The van der Waals surface area contributed by atoms with Gasteiger partial charge in [0.1, 0.15) is 5.69 Å². The van der Waals surface area contributed by atoms with Crippen molar-refractivity contribution in [1.82, 2.24) is 14.8 Å². The molecule has 0 aliphatic rings. The SMILES string of the molecule is CC(C)n1c(-c2nnco2)c(C=O)c2ccc(Cl)cc21. The summed E-state index contributed by atoms with van der Waals surface area (Å²) in [5, 5.41) is 9.06. The molecule has 0 aliphatic carbocycles. The Balaban J connectivity index is 2.48. The van der Waals surface area contributed by atoms with Gasteiger partial charge < -0.3 is 8.98 Å². The van der Waals surface area contributed by atoms with E-state index in [4.69, 9.17) is 16.0 Å². The van der Waals surface area contributed by atoms with Gasteiger partial charge in [-0.1, -0.05) is 17.7 Å². The van der Waals surface area contributed by atoms with Gasteiger partial charge in [-0.3, -0.25) is 4.79 Å². The predicted octanol–water partition coefficient (Wildman–Crippen LogP) is 3.74. The fourth-order valence-electron chi connectivity index (χ4n) is 2.46. The highest BCUT2D eigenvalue weighted by atomic mass is 35.5. The van der Waals surface area contributed by atoms with Crippen LogP contribution in [-0.2, 0) is 0 Å². The smallest absolute Gasteiger partial charge is 0.264 e. The number of nitrogens with zero attached hydrogens (tertiary/aromatic N) is 3. The minimum Gasteiger partial charge on any atom is -0.422 e. The lowest BCUT2D eigenvalue weighted by atomic mass is 10.1. The van der Waals surface area contributed by atoms with Gasteiger partial charge in [-0.25, -0.2) is 0 Å². The summed E-state index contributed by atoms with van der Waals surface area (Å²) >= 11 is 6.07. The van der Waals surface area contributed by atoms with Crippen LogP contribution in [0.15, 0.2) is 29.0 Å². The number of hydrogen-bond donors (Lipinski definition) is 0. The fourth-order valence-corrected chi connectivity index (χ4v) is 2.63. The van der Waals surface area contributed by atoms with Crippen LogP contribution < -0.4 is 0 Å². The Morgan fingerprint density at radius 1 is 1.40 bits per heavy atom. The van der Waals surface area contributed by atoms with E-state index in [1.54, 1.807) is 6.07 Å². The first kappa shape index (κ1) is 12.9. The Morgan fingerprint density at radius 3 is 2.80 bits per heavy atom. The number of fused-ring (bicyclic) bond motifs is 1. The number of rotatable bonds is 3. The quantitative estimate of drug-likeness (QED) is 0.689. The standard InChI is InChI=1S/C14H12ClN3O2/c1-8(2)18-12-5-9(15)3-4-10(12)11(6-19)13(18)14-17-16-7-20-14/h3-8H,1-2H3. The minimum absolute atomic E-state index is 0.117. The van der Waals surface area contributed by atoms with Gasteiger partial charge in [-0.15, -0.1) is 10.2 Å². The van der Waals surface area contributed by atoms with Gasteiger partial charge in [0.15, 0.2) is 6.29 Å². The molecule has 3 rings (SSSR count). The van der Waals surface area contributed by atoms with Crippen molar-refractivity contribution in [1.29, 1.82) is 0 Å². The number of aldehydes is 1. The molecule has 1 aromatic carbocycles. The first-order valence-electron chi connectivity index (χ1n) is 6.18. The molecule has 0 amide bonds. The molecule has 0 unspecified atom stereocenters. The summed E-state index contributed by atoms with van der Waals surface area (Å²) < 4.78 is 7.26. The van der Waals surface area contributed by atoms with Gasteiger partial charge in [-0.2, -0.15) is 0 Å². The second kappa shape index (κ2) is 4.76. The fraction of sp³-hybridized carbons (Fsp3) is 0.214. The van der Waals surface area contributed by atoms with Gasteiger partial charge in [0, 0.05) is 16.5 Å². The lowest BCUT2D eigenvalue weighted by Crippen LogP contribution is -2.03. The van der Waals surface area contributed by atoms with Crippen molar-refractivity contribution in [2.24, 2.45) is 0 Å². The van der Waals surface area contributed by atoms with Gasteiger partial charge in [0.2, 0.25) is 6.39 Å². The molecule has 0 radical (unpaired) electrons. The molecule has 2 aromatic heterocycles. The normalized spacial score (nSPS) is 11.4. The molecule has 6 heteroatoms. The molecule has 3 aromatic rings. The molecular weight excluding hydrogens is 278 g/mol. The highest BCUT2D eigenvalue weighted by molar-refractivity contribution is 6.31. The highest BCUT2D eigenvalue weighted by Crippen LogP contribution is 2.35. The maximum absolute atomic E-state index is 11.5. The molecule has 0 aliphatic heterocycles. The Labute approximate surface area is 120 Å². The average Bonchev–Trinajstić information content (AvgIpc) is 3.02. The van der Waals surface area contributed by atoms with Crippen LogP contribution in [0.3, 0.4) is 0 Å². The lowest BCUT2D eigenvalue weighted by molar-refractivity contribution is 0.112. The number of benzene rings is 1. The second-order valence-electron chi connectivity index (χ2n) is 4.75. The van der Waals surface area contributed by atoms with Crippen molar-refractivity contribution >= 4 is 28.8 Å². The van der Waals surface area contributed by atoms with Gasteiger partial charge in [-0.05, 0) is 26.0 Å². The number of carbonyl (C=O) groups excluding carboxylic acids is 1. The molecule has 0 bridgehead atoms. The Morgan fingerprint density at radius 2 is 2.20 bits per heavy atom. The molecule has 0 N–H and O–H groups in total. The molecule has 0 fully saturated rings. The van der Waals surface area contributed by atoms with Crippen molar-refractivity contribution in [2.45, 2.75) is 19.9 Å². The van der Waals surface area contributed by atoms with Crippen LogP contribution in [-0.4, -0.2) is 21.1 Å². The molecular formula is C14H12ClN3O2. The molecule has 20 heavy (non-hydrogen) atoms. The third-order valence-corrected chi connectivity index (χ3v) is 3.44. The van der Waals surface area contributed by atoms with Crippen LogP contribution in [0.4, 0.5) is 0 Å². The zero-order valence-electron chi connectivity index (χ0n) is 11.0. The Hall–Kier alpha value is -2.14. The second-order valence-corrected chi connectivity index (χ2v) is 5.19. The number of halogens is 1. The van der Waals surface area contributed by atoms with Gasteiger partial charge in [0.25, 0.3) is 5.89 Å². The van der Waals surface area contributed by atoms with Crippen LogP contribution >= 0.6 is 11.6 Å². The van der Waals surface area contributed by atoms with E-state index in [2.05, 4.69) is 10.2 Å². The molecule has 2 heterocycles. The van der Waals surface area contributed by atoms with Crippen LogP contribution in [0.1, 0.15) is 30.2 Å². The summed E-state index contributed by atoms with van der Waals surface area (Å²) in [6.45, 7) is 4.05. The predicted molar refractivity (Wildman–Crippen MR) is 76.0 cm³/mol. The first-order valence-corrected chi connectivity index (χ1v) is 6.56. The zero-order valence-corrected chi connectivity index (χ0v) is 11.8. The topological polar surface area (TPSA) is 60.9 Å². The van der Waals surface area contributed by atoms with Crippen LogP contribution in [0.2, 0.25) is 5.02 Å². The molecule has 0 saturated heterocycles. The maximum atomic E-state index is 11.5. The van der Waals surface area contributed by atoms with Crippen molar-refractivity contribution < 1.29 is 9.21 Å². The third kappa shape index (κ3) is 1.82. The van der Waals surface area contributed by atoms with Gasteiger partial charge in [0.05, 0.1) is 11.1 Å². The van der Waals surface area contributed by atoms with E-state index >= 15 is 0 Å². The minimum atomic E-state index is 0.117. The van der Waals surface area contributed by atoms with E-state index in [0.29, 0.717) is 22.2 Å². The van der Waals surface area contributed by atoms with Crippen molar-refractivity contribution in [3.05, 3.63) is 35.2 Å². The van der Waals surface area contributed by atoms with Crippen molar-refractivity contribution in [3.63, 3.8) is 0 Å². The van der Waals surface area contributed by atoms with Crippen molar-refractivity contribution in [3.8, 4) is 11.6 Å². The van der Waals surface area contributed by atoms with Crippen LogP contribution in [0.5, 0.6) is 0 Å². The summed E-state index contributed by atoms with van der Waals surface area (Å²) in [6.07, 6.45) is 2.06. The molecule has 0 saturated carbocycles. The molecule has 102 valence electrons. The highest BCUT2D eigenvalue weighted by Gasteiger charge is 2.23. The summed E-state index contributed by atoms with van der Waals surface area (Å²) in [7, 11) is 0. The molecule has 0 atom stereocenters. The van der Waals surface area contributed by atoms with E-state index < -0.39 is 0 Å². The molecule has 0 spiro atoms. The van der Waals surface area contributed by atoms with E-state index in [0.717, 1.165) is 17.2 Å². The van der Waals surface area contributed by atoms with Crippen molar-refractivity contribution in [2.75, 3.05) is 0 Å². The Kier molecular flexibility index (Phi) is 3.06. The summed E-state index contributed by atoms with van der Waals surface area (Å²) in [5.41, 5.74) is 2.04. The summed E-state index contributed by atoms with van der Waals surface area (Å²) in [6, 6.07) is 5.55. The average molecular weight is 290 g/mol. The summed E-state index contributed by atoms with van der Waals surface area (Å²) in [4.78, 5) is 11.5. The van der Waals surface area contributed by atoms with Crippen LogP contribution in [0.25, 0.3) is 22.5 Å². The first-order chi connectivity index (χ1) is 9.63. The van der Waals surface area contributed by atoms with E-state index in [9.17, 15) is 4.79 Å². The monoisotopic (exact) mass is 289 g/mol. The largest absolute Gasteiger partial charge is 0.422 e.